The number of carbonyl (C=O) groups excluding carboxylic acids is 1. The lowest BCUT2D eigenvalue weighted by molar-refractivity contribution is 0.102. The maximum Gasteiger partial charge on any atom is 0.258 e. The van der Waals surface area contributed by atoms with Crippen molar-refractivity contribution >= 4 is 28.9 Å². The summed E-state index contributed by atoms with van der Waals surface area (Å²) >= 11 is 0. The molecule has 3 aromatic rings. The van der Waals surface area contributed by atoms with Gasteiger partial charge in [0, 0.05) is 30.5 Å². The van der Waals surface area contributed by atoms with Crippen molar-refractivity contribution in [1.29, 1.82) is 0 Å². The quantitative estimate of drug-likeness (QED) is 0.605. The van der Waals surface area contributed by atoms with Crippen LogP contribution in [0.3, 0.4) is 0 Å². The summed E-state index contributed by atoms with van der Waals surface area (Å²) in [4.78, 5) is 23.3. The van der Waals surface area contributed by atoms with Gasteiger partial charge in [0.2, 0.25) is 0 Å². The van der Waals surface area contributed by atoms with E-state index in [9.17, 15) is 9.18 Å². The summed E-state index contributed by atoms with van der Waals surface area (Å²) in [5.74, 6) is 1.22. The van der Waals surface area contributed by atoms with Gasteiger partial charge in [0.15, 0.2) is 0 Å². The zero-order valence-corrected chi connectivity index (χ0v) is 16.7. The van der Waals surface area contributed by atoms with Crippen molar-refractivity contribution in [3.05, 3.63) is 71.8 Å². The summed E-state index contributed by atoms with van der Waals surface area (Å²) in [7, 11) is 0. The van der Waals surface area contributed by atoms with E-state index >= 15 is 0 Å². The van der Waals surface area contributed by atoms with Crippen molar-refractivity contribution in [3.8, 4) is 0 Å². The van der Waals surface area contributed by atoms with E-state index in [0.717, 1.165) is 24.6 Å². The van der Waals surface area contributed by atoms with E-state index in [1.807, 2.05) is 25.1 Å². The summed E-state index contributed by atoms with van der Waals surface area (Å²) in [6.07, 6.45) is 0. The molecule has 150 valence electrons. The van der Waals surface area contributed by atoms with Crippen LogP contribution >= 0.6 is 0 Å². The summed E-state index contributed by atoms with van der Waals surface area (Å²) in [6, 6.07) is 14.9. The lowest BCUT2D eigenvalue weighted by Crippen LogP contribution is -2.23. The highest BCUT2D eigenvalue weighted by Crippen LogP contribution is 2.21. The monoisotopic (exact) mass is 393 g/mol. The Morgan fingerprint density at radius 1 is 1.00 bits per heavy atom. The molecular weight excluding hydrogens is 369 g/mol. The predicted molar refractivity (Wildman–Crippen MR) is 114 cm³/mol. The number of aromatic nitrogens is 2. The van der Waals surface area contributed by atoms with Gasteiger partial charge in [-0.15, -0.1) is 0 Å². The zero-order chi connectivity index (χ0) is 20.8. The third-order valence-electron chi connectivity index (χ3n) is 4.45. The van der Waals surface area contributed by atoms with Crippen LogP contribution in [0.15, 0.2) is 54.6 Å². The summed E-state index contributed by atoms with van der Waals surface area (Å²) < 4.78 is 13.7. The molecular formula is C22H24FN5O. The molecule has 0 aliphatic carbocycles. The van der Waals surface area contributed by atoms with E-state index in [2.05, 4.69) is 39.3 Å². The fourth-order valence-corrected chi connectivity index (χ4v) is 2.95. The van der Waals surface area contributed by atoms with Crippen LogP contribution in [0.5, 0.6) is 0 Å². The number of halogens is 1. The van der Waals surface area contributed by atoms with Crippen molar-refractivity contribution in [2.45, 2.75) is 20.8 Å². The van der Waals surface area contributed by atoms with Crippen LogP contribution in [0.4, 0.5) is 27.4 Å². The van der Waals surface area contributed by atoms with Gasteiger partial charge in [-0.05, 0) is 57.2 Å². The molecule has 6 nitrogen and oxygen atoms in total. The highest BCUT2D eigenvalue weighted by molar-refractivity contribution is 6.04. The molecule has 0 spiro atoms. The number of rotatable bonds is 7. The first-order chi connectivity index (χ1) is 14.0. The first kappa shape index (κ1) is 20.3. The highest BCUT2D eigenvalue weighted by Gasteiger charge is 2.11. The SMILES string of the molecule is CCN(CC)c1cc(Nc2ccc(NC(=O)c3ccccc3F)cc2)nc(C)n1. The third kappa shape index (κ3) is 5.07. The Hall–Kier alpha value is -3.48. The van der Waals surface area contributed by atoms with Crippen LogP contribution in [-0.2, 0) is 0 Å². The van der Waals surface area contributed by atoms with Crippen LogP contribution < -0.4 is 15.5 Å². The van der Waals surface area contributed by atoms with Gasteiger partial charge in [-0.3, -0.25) is 4.79 Å². The van der Waals surface area contributed by atoms with Gasteiger partial charge in [-0.25, -0.2) is 14.4 Å². The van der Waals surface area contributed by atoms with Crippen LogP contribution in [0.25, 0.3) is 0 Å². The lowest BCUT2D eigenvalue weighted by atomic mass is 10.2. The van der Waals surface area contributed by atoms with Gasteiger partial charge in [0.1, 0.15) is 23.3 Å². The summed E-state index contributed by atoms with van der Waals surface area (Å²) in [5, 5.41) is 5.96. The van der Waals surface area contributed by atoms with Crippen molar-refractivity contribution in [1.82, 2.24) is 9.97 Å². The van der Waals surface area contributed by atoms with Gasteiger partial charge in [-0.1, -0.05) is 12.1 Å². The van der Waals surface area contributed by atoms with Crippen molar-refractivity contribution in [2.75, 3.05) is 28.6 Å². The molecule has 0 aliphatic rings. The first-order valence-corrected chi connectivity index (χ1v) is 9.53. The minimum atomic E-state index is -0.550. The summed E-state index contributed by atoms with van der Waals surface area (Å²) in [5.41, 5.74) is 1.40. The largest absolute Gasteiger partial charge is 0.357 e. The molecule has 3 rings (SSSR count). The third-order valence-corrected chi connectivity index (χ3v) is 4.45. The number of anilines is 4. The van der Waals surface area contributed by atoms with Crippen LogP contribution in [0, 0.1) is 12.7 Å². The second-order valence-corrected chi connectivity index (χ2v) is 6.47. The number of benzene rings is 2. The molecule has 1 aromatic heterocycles. The number of nitrogens with one attached hydrogen (secondary N) is 2. The molecule has 0 atom stereocenters. The van der Waals surface area contributed by atoms with Crippen molar-refractivity contribution in [2.24, 2.45) is 0 Å². The minimum Gasteiger partial charge on any atom is -0.357 e. The van der Waals surface area contributed by atoms with Gasteiger partial charge >= 0.3 is 0 Å². The molecule has 0 aliphatic heterocycles. The lowest BCUT2D eigenvalue weighted by Gasteiger charge is -2.20. The summed E-state index contributed by atoms with van der Waals surface area (Å²) in [6.45, 7) is 7.76. The molecule has 1 heterocycles. The van der Waals surface area contributed by atoms with E-state index < -0.39 is 11.7 Å². The van der Waals surface area contributed by atoms with E-state index in [0.29, 0.717) is 17.3 Å². The highest BCUT2D eigenvalue weighted by atomic mass is 19.1. The fourth-order valence-electron chi connectivity index (χ4n) is 2.95. The molecule has 0 radical (unpaired) electrons. The molecule has 2 aromatic carbocycles. The van der Waals surface area contributed by atoms with Crippen molar-refractivity contribution in [3.63, 3.8) is 0 Å². The van der Waals surface area contributed by atoms with Gasteiger partial charge in [0.25, 0.3) is 5.91 Å². The molecule has 0 saturated heterocycles. The Balaban J connectivity index is 1.71. The topological polar surface area (TPSA) is 70.2 Å². The van der Waals surface area contributed by atoms with Crippen LogP contribution in [0.2, 0.25) is 0 Å². The molecule has 29 heavy (non-hydrogen) atoms. The minimum absolute atomic E-state index is 0.00935. The standard InChI is InChI=1S/C22H24FN5O/c1-4-28(5-2)21-14-20(24-15(3)25-21)26-16-10-12-17(13-11-16)27-22(29)18-8-6-7-9-19(18)23/h6-14H,4-5H2,1-3H3,(H,27,29)(H,24,25,26). The zero-order valence-electron chi connectivity index (χ0n) is 16.7. The maximum absolute atomic E-state index is 13.7. The normalized spacial score (nSPS) is 10.5. The van der Waals surface area contributed by atoms with E-state index in [-0.39, 0.29) is 5.56 Å². The molecule has 7 heteroatoms. The van der Waals surface area contributed by atoms with E-state index in [1.165, 1.54) is 12.1 Å². The Bertz CT molecular complexity index is 987. The van der Waals surface area contributed by atoms with Crippen LogP contribution in [-0.4, -0.2) is 29.0 Å². The second kappa shape index (κ2) is 9.14. The van der Waals surface area contributed by atoms with Gasteiger partial charge in [-0.2, -0.15) is 0 Å². The molecule has 0 fully saturated rings. The average molecular weight is 393 g/mol. The van der Waals surface area contributed by atoms with E-state index in [4.69, 9.17) is 0 Å². The maximum atomic E-state index is 13.7. The Kier molecular flexibility index (Phi) is 6.39. The first-order valence-electron chi connectivity index (χ1n) is 9.53. The van der Waals surface area contributed by atoms with Gasteiger partial charge in [0.05, 0.1) is 5.56 Å². The number of hydrogen-bond donors (Lipinski definition) is 2. The molecule has 0 saturated carbocycles. The second-order valence-electron chi connectivity index (χ2n) is 6.47. The average Bonchev–Trinajstić information content (AvgIpc) is 2.70. The molecule has 0 bridgehead atoms. The fraction of sp³-hybridized carbons (Fsp3) is 0.227. The van der Waals surface area contributed by atoms with Gasteiger partial charge < -0.3 is 15.5 Å². The Labute approximate surface area is 169 Å². The number of nitrogens with zero attached hydrogens (tertiary/aromatic N) is 3. The molecule has 0 unspecified atom stereocenters. The number of amides is 1. The number of hydrogen-bond acceptors (Lipinski definition) is 5. The number of carbonyl (C=O) groups is 1. The smallest absolute Gasteiger partial charge is 0.258 e. The molecule has 2 N–H and O–H groups in total. The Morgan fingerprint density at radius 2 is 1.66 bits per heavy atom. The van der Waals surface area contributed by atoms with Crippen LogP contribution in [0.1, 0.15) is 30.0 Å². The molecule has 1 amide bonds. The van der Waals surface area contributed by atoms with E-state index in [1.54, 1.807) is 24.3 Å². The predicted octanol–water partition coefficient (Wildman–Crippen LogP) is 4.77. The van der Waals surface area contributed by atoms with Crippen molar-refractivity contribution < 1.29 is 9.18 Å². The number of aryl methyl sites for hydroxylation is 1. The Morgan fingerprint density at radius 3 is 2.31 bits per heavy atom.